The summed E-state index contributed by atoms with van der Waals surface area (Å²) in [7, 11) is 1.37. The molecular weight excluding hydrogens is 416 g/mol. The van der Waals surface area contributed by atoms with Crippen LogP contribution in [0, 0.1) is 17.1 Å². The first kappa shape index (κ1) is 22.1. The quantitative estimate of drug-likeness (QED) is 0.754. The second-order valence-corrected chi connectivity index (χ2v) is 6.89. The molecule has 1 fully saturated rings. The number of hydrogen-bond donors (Lipinski definition) is 1. The van der Waals surface area contributed by atoms with Gasteiger partial charge in [-0.3, -0.25) is 9.59 Å². The lowest BCUT2D eigenvalue weighted by atomic mass is 10.0. The summed E-state index contributed by atoms with van der Waals surface area (Å²) in [6, 6.07) is 9.14. The molecule has 2 aromatic carbocycles. The average Bonchev–Trinajstić information content (AvgIpc) is 2.77. The molecule has 6 nitrogen and oxygen atoms in total. The van der Waals surface area contributed by atoms with Gasteiger partial charge in [0.1, 0.15) is 11.9 Å². The van der Waals surface area contributed by atoms with Crippen molar-refractivity contribution in [2.45, 2.75) is 12.2 Å². The molecule has 0 aromatic heterocycles. The van der Waals surface area contributed by atoms with Crippen LogP contribution in [0.5, 0.6) is 0 Å². The highest BCUT2D eigenvalue weighted by Crippen LogP contribution is 2.35. The Kier molecular flexibility index (Phi) is 6.15. The van der Waals surface area contributed by atoms with E-state index in [9.17, 15) is 27.2 Å². The summed E-state index contributed by atoms with van der Waals surface area (Å²) in [4.78, 5) is 28.1. The third-order valence-electron chi connectivity index (χ3n) is 5.09. The summed E-state index contributed by atoms with van der Waals surface area (Å²) in [5, 5.41) is 11.4. The van der Waals surface area contributed by atoms with E-state index in [0.29, 0.717) is 0 Å². The summed E-state index contributed by atoms with van der Waals surface area (Å²) in [6.07, 6.45) is -4.72. The standard InChI is InChI=1S/C21H18F4N4O2/c1-27-19(30)18-12-28(14-7-6-13(11-26)16(10-14)21(23,24)25)8-9-29(18)20(31)15-4-2-3-5-17(15)22/h2-7,10,18H,8-9,12H2,1H3,(H,27,30). The number of anilines is 1. The second kappa shape index (κ2) is 8.63. The van der Waals surface area contributed by atoms with Crippen LogP contribution in [0.2, 0.25) is 0 Å². The molecule has 0 bridgehead atoms. The predicted octanol–water partition coefficient (Wildman–Crippen LogP) is 2.79. The van der Waals surface area contributed by atoms with Crippen molar-refractivity contribution in [1.82, 2.24) is 10.2 Å². The molecule has 1 atom stereocenters. The number of carbonyl (C=O) groups is 2. The molecule has 0 spiro atoms. The van der Waals surface area contributed by atoms with Gasteiger partial charge in [0.25, 0.3) is 5.91 Å². The topological polar surface area (TPSA) is 76.4 Å². The number of amides is 2. The molecule has 31 heavy (non-hydrogen) atoms. The number of hydrogen-bond acceptors (Lipinski definition) is 4. The first-order chi connectivity index (χ1) is 14.7. The van der Waals surface area contributed by atoms with Crippen LogP contribution in [-0.2, 0) is 11.0 Å². The van der Waals surface area contributed by atoms with Crippen molar-refractivity contribution >= 4 is 17.5 Å². The zero-order chi connectivity index (χ0) is 22.8. The van der Waals surface area contributed by atoms with E-state index in [2.05, 4.69) is 5.32 Å². The minimum Gasteiger partial charge on any atom is -0.367 e. The van der Waals surface area contributed by atoms with Gasteiger partial charge in [0.2, 0.25) is 5.91 Å². The Bertz CT molecular complexity index is 1050. The molecule has 1 aliphatic rings. The Morgan fingerprint density at radius 3 is 2.48 bits per heavy atom. The van der Waals surface area contributed by atoms with Gasteiger partial charge in [0.05, 0.1) is 22.8 Å². The van der Waals surface area contributed by atoms with Crippen LogP contribution >= 0.6 is 0 Å². The SMILES string of the molecule is CNC(=O)C1CN(c2ccc(C#N)c(C(F)(F)F)c2)CCN1C(=O)c1ccccc1F. The van der Waals surface area contributed by atoms with Gasteiger partial charge in [0.15, 0.2) is 0 Å². The first-order valence-corrected chi connectivity index (χ1v) is 9.30. The summed E-state index contributed by atoms with van der Waals surface area (Å²) in [6.45, 7) is 0.0204. The Hall–Kier alpha value is -3.61. The fourth-order valence-corrected chi connectivity index (χ4v) is 3.50. The van der Waals surface area contributed by atoms with Crippen molar-refractivity contribution in [1.29, 1.82) is 5.26 Å². The van der Waals surface area contributed by atoms with Crippen molar-refractivity contribution in [2.75, 3.05) is 31.6 Å². The summed E-state index contributed by atoms with van der Waals surface area (Å²) >= 11 is 0. The van der Waals surface area contributed by atoms with Crippen molar-refractivity contribution in [2.24, 2.45) is 0 Å². The highest BCUT2D eigenvalue weighted by atomic mass is 19.4. The lowest BCUT2D eigenvalue weighted by Gasteiger charge is -2.41. The number of likely N-dealkylation sites (N-methyl/N-ethyl adjacent to an activating group) is 1. The normalized spacial score (nSPS) is 16.6. The highest BCUT2D eigenvalue weighted by molar-refractivity contribution is 5.98. The molecule has 1 saturated heterocycles. The van der Waals surface area contributed by atoms with E-state index in [4.69, 9.17) is 5.26 Å². The number of piperazine rings is 1. The number of nitrogens with one attached hydrogen (secondary N) is 1. The first-order valence-electron chi connectivity index (χ1n) is 9.30. The maximum atomic E-state index is 14.1. The van der Waals surface area contributed by atoms with Gasteiger partial charge in [-0.25, -0.2) is 4.39 Å². The molecule has 3 rings (SSSR count). The molecule has 1 heterocycles. The van der Waals surface area contributed by atoms with Gasteiger partial charge in [-0.15, -0.1) is 0 Å². The molecular formula is C21H18F4N4O2. The molecule has 2 aromatic rings. The number of rotatable bonds is 3. The molecule has 162 valence electrons. The van der Waals surface area contributed by atoms with E-state index < -0.39 is 41.0 Å². The smallest absolute Gasteiger partial charge is 0.367 e. The molecule has 10 heteroatoms. The van der Waals surface area contributed by atoms with Crippen molar-refractivity contribution in [3.63, 3.8) is 0 Å². The molecule has 1 aliphatic heterocycles. The Morgan fingerprint density at radius 1 is 1.16 bits per heavy atom. The molecule has 1 unspecified atom stereocenters. The van der Waals surface area contributed by atoms with Gasteiger partial charge in [0, 0.05) is 32.4 Å². The maximum Gasteiger partial charge on any atom is 0.417 e. The van der Waals surface area contributed by atoms with E-state index in [1.165, 1.54) is 47.2 Å². The zero-order valence-electron chi connectivity index (χ0n) is 16.4. The van der Waals surface area contributed by atoms with E-state index in [0.717, 1.165) is 18.2 Å². The maximum absolute atomic E-state index is 14.1. The van der Waals surface area contributed by atoms with Crippen molar-refractivity contribution in [3.05, 3.63) is 65.0 Å². The van der Waals surface area contributed by atoms with Crippen LogP contribution in [0.25, 0.3) is 0 Å². The lowest BCUT2D eigenvalue weighted by Crippen LogP contribution is -2.60. The van der Waals surface area contributed by atoms with Crippen LogP contribution < -0.4 is 10.2 Å². The number of nitrogens with zero attached hydrogens (tertiary/aromatic N) is 3. The molecule has 0 radical (unpaired) electrons. The van der Waals surface area contributed by atoms with E-state index in [-0.39, 0.29) is 30.9 Å². The number of carbonyl (C=O) groups excluding carboxylic acids is 2. The zero-order valence-corrected chi connectivity index (χ0v) is 16.4. The molecule has 1 N–H and O–H groups in total. The number of benzene rings is 2. The van der Waals surface area contributed by atoms with Crippen LogP contribution in [0.15, 0.2) is 42.5 Å². The largest absolute Gasteiger partial charge is 0.417 e. The second-order valence-electron chi connectivity index (χ2n) is 6.89. The lowest BCUT2D eigenvalue weighted by molar-refractivity contribution is -0.137. The van der Waals surface area contributed by atoms with Crippen LogP contribution in [0.1, 0.15) is 21.5 Å². The van der Waals surface area contributed by atoms with E-state index >= 15 is 0 Å². The van der Waals surface area contributed by atoms with Gasteiger partial charge < -0.3 is 15.1 Å². The Balaban J connectivity index is 1.92. The summed E-state index contributed by atoms with van der Waals surface area (Å²) < 4.78 is 54.0. The van der Waals surface area contributed by atoms with Crippen LogP contribution in [0.3, 0.4) is 0 Å². The van der Waals surface area contributed by atoms with E-state index in [1.807, 2.05) is 0 Å². The summed E-state index contributed by atoms with van der Waals surface area (Å²) in [5.41, 5.74) is -1.61. The minimum absolute atomic E-state index is 0.00733. The number of alkyl halides is 3. The average molecular weight is 434 g/mol. The van der Waals surface area contributed by atoms with Gasteiger partial charge in [-0.05, 0) is 30.3 Å². The van der Waals surface area contributed by atoms with Crippen molar-refractivity contribution < 1.29 is 27.2 Å². The summed E-state index contributed by atoms with van der Waals surface area (Å²) in [5.74, 6) is -1.94. The fraction of sp³-hybridized carbons (Fsp3) is 0.286. The monoisotopic (exact) mass is 434 g/mol. The van der Waals surface area contributed by atoms with Crippen LogP contribution in [0.4, 0.5) is 23.2 Å². The third-order valence-corrected chi connectivity index (χ3v) is 5.09. The Labute approximate surface area is 175 Å². The molecule has 0 saturated carbocycles. The van der Waals surface area contributed by atoms with Gasteiger partial charge in [-0.2, -0.15) is 18.4 Å². The minimum atomic E-state index is -4.72. The van der Waals surface area contributed by atoms with Crippen LogP contribution in [-0.4, -0.2) is 49.4 Å². The number of halogens is 4. The van der Waals surface area contributed by atoms with E-state index in [1.54, 1.807) is 0 Å². The Morgan fingerprint density at radius 2 is 1.87 bits per heavy atom. The predicted molar refractivity (Wildman–Crippen MR) is 104 cm³/mol. The molecule has 0 aliphatic carbocycles. The van der Waals surface area contributed by atoms with Gasteiger partial charge >= 0.3 is 6.18 Å². The highest BCUT2D eigenvalue weighted by Gasteiger charge is 2.38. The third kappa shape index (κ3) is 4.45. The fourth-order valence-electron chi connectivity index (χ4n) is 3.50. The molecule has 2 amide bonds. The number of nitriles is 1. The van der Waals surface area contributed by atoms with Crippen molar-refractivity contribution in [3.8, 4) is 6.07 Å². The van der Waals surface area contributed by atoms with Gasteiger partial charge in [-0.1, -0.05) is 12.1 Å².